The fraction of sp³-hybridized carbons (Fsp3) is 0.231. The van der Waals surface area contributed by atoms with Crippen molar-refractivity contribution in [2.45, 2.75) is 13.5 Å². The van der Waals surface area contributed by atoms with E-state index in [2.05, 4.69) is 20.9 Å². The van der Waals surface area contributed by atoms with E-state index in [4.69, 9.17) is 10.5 Å². The number of anilines is 1. The molecule has 2 aromatic rings. The molecule has 100 valence electrons. The number of methoxy groups -OCH3 is 1. The molecule has 0 saturated heterocycles. The summed E-state index contributed by atoms with van der Waals surface area (Å²) in [4.78, 5) is 16.3. The molecule has 0 bridgehead atoms. The number of nitrogens with two attached hydrogens (primary N) is 1. The van der Waals surface area contributed by atoms with Crippen molar-refractivity contribution in [3.63, 3.8) is 0 Å². The van der Waals surface area contributed by atoms with Gasteiger partial charge in [-0.25, -0.2) is 0 Å². The van der Waals surface area contributed by atoms with Crippen LogP contribution in [0.4, 0.5) is 5.69 Å². The van der Waals surface area contributed by atoms with Crippen LogP contribution < -0.4 is 16.0 Å². The number of aryl methyl sites for hydroxylation is 1. The largest absolute Gasteiger partial charge is 0.497 e. The zero-order valence-corrected chi connectivity index (χ0v) is 12.3. The van der Waals surface area contributed by atoms with Crippen molar-refractivity contribution >= 4 is 21.6 Å². The smallest absolute Gasteiger partial charge is 0.265 e. The van der Waals surface area contributed by atoms with Gasteiger partial charge in [-0.15, -0.1) is 0 Å². The molecule has 0 saturated carbocycles. The Balaban J connectivity index is 2.41. The lowest BCUT2D eigenvalue weighted by molar-refractivity contribution is 0.413. The minimum atomic E-state index is -0.142. The normalized spacial score (nSPS) is 10.5. The number of aromatic nitrogens is 2. The molecule has 0 aliphatic carbocycles. The molecule has 0 unspecified atom stereocenters. The van der Waals surface area contributed by atoms with Gasteiger partial charge < -0.3 is 15.0 Å². The fourth-order valence-electron chi connectivity index (χ4n) is 1.81. The van der Waals surface area contributed by atoms with Gasteiger partial charge in [0, 0.05) is 29.7 Å². The van der Waals surface area contributed by atoms with Crippen molar-refractivity contribution in [1.82, 2.24) is 9.55 Å². The van der Waals surface area contributed by atoms with Gasteiger partial charge in [-0.2, -0.15) is 0 Å². The molecule has 0 fully saturated rings. The molecular formula is C13H14BrN3O2. The first-order chi connectivity index (χ1) is 8.99. The number of ether oxygens (including phenoxy) is 1. The van der Waals surface area contributed by atoms with E-state index in [0.717, 1.165) is 17.1 Å². The number of halogens is 1. The molecular weight excluding hydrogens is 310 g/mol. The number of nitrogen functional groups attached to an aromatic ring is 1. The number of rotatable bonds is 3. The van der Waals surface area contributed by atoms with Crippen LogP contribution in [0.15, 0.2) is 33.7 Å². The van der Waals surface area contributed by atoms with E-state index in [9.17, 15) is 4.79 Å². The first kappa shape index (κ1) is 13.6. The van der Waals surface area contributed by atoms with Crippen molar-refractivity contribution in [2.75, 3.05) is 12.8 Å². The van der Waals surface area contributed by atoms with Crippen molar-refractivity contribution in [3.05, 3.63) is 50.6 Å². The molecule has 6 heteroatoms. The van der Waals surface area contributed by atoms with Crippen LogP contribution >= 0.6 is 15.9 Å². The Morgan fingerprint density at radius 1 is 1.42 bits per heavy atom. The second-order valence-electron chi connectivity index (χ2n) is 4.19. The van der Waals surface area contributed by atoms with E-state index in [0.29, 0.717) is 16.7 Å². The van der Waals surface area contributed by atoms with Crippen LogP contribution in [0.3, 0.4) is 0 Å². The summed E-state index contributed by atoms with van der Waals surface area (Å²) in [5.74, 6) is 0.721. The van der Waals surface area contributed by atoms with Crippen molar-refractivity contribution < 1.29 is 4.74 Å². The summed E-state index contributed by atoms with van der Waals surface area (Å²) >= 11 is 3.19. The van der Waals surface area contributed by atoms with Crippen LogP contribution in [-0.4, -0.2) is 16.7 Å². The third-order valence-electron chi connectivity index (χ3n) is 2.61. The average molecular weight is 324 g/mol. The van der Waals surface area contributed by atoms with E-state index in [1.807, 2.05) is 13.0 Å². The first-order valence-electron chi connectivity index (χ1n) is 5.66. The van der Waals surface area contributed by atoms with Gasteiger partial charge in [0.25, 0.3) is 5.56 Å². The standard InChI is InChI=1S/C13H14BrN3O2/c1-8-3-11(19-2)5-10(16-8)7-17-6-9(15)4-12(14)13(17)18/h3-6H,7,15H2,1-2H3. The summed E-state index contributed by atoms with van der Waals surface area (Å²) in [5, 5.41) is 0. The molecule has 0 aliphatic heterocycles. The second kappa shape index (κ2) is 5.44. The molecule has 0 aliphatic rings. The summed E-state index contributed by atoms with van der Waals surface area (Å²) < 4.78 is 7.14. The highest BCUT2D eigenvalue weighted by molar-refractivity contribution is 9.10. The Bertz CT molecular complexity index is 667. The van der Waals surface area contributed by atoms with Gasteiger partial charge in [-0.05, 0) is 28.9 Å². The quantitative estimate of drug-likeness (QED) is 0.937. The second-order valence-corrected chi connectivity index (χ2v) is 5.05. The molecule has 2 rings (SSSR count). The van der Waals surface area contributed by atoms with Gasteiger partial charge in [-0.3, -0.25) is 9.78 Å². The lowest BCUT2D eigenvalue weighted by Gasteiger charge is -2.09. The Morgan fingerprint density at radius 3 is 2.84 bits per heavy atom. The number of pyridine rings is 2. The van der Waals surface area contributed by atoms with Crippen LogP contribution in [0, 0.1) is 6.92 Å². The summed E-state index contributed by atoms with van der Waals surface area (Å²) in [6, 6.07) is 5.22. The van der Waals surface area contributed by atoms with E-state index >= 15 is 0 Å². The minimum Gasteiger partial charge on any atom is -0.497 e. The molecule has 2 N–H and O–H groups in total. The van der Waals surface area contributed by atoms with Crippen molar-refractivity contribution in [3.8, 4) is 5.75 Å². The average Bonchev–Trinajstić information content (AvgIpc) is 2.34. The highest BCUT2D eigenvalue weighted by Crippen LogP contribution is 2.15. The molecule has 19 heavy (non-hydrogen) atoms. The minimum absolute atomic E-state index is 0.142. The van der Waals surface area contributed by atoms with Crippen LogP contribution in [0.5, 0.6) is 5.75 Å². The molecule has 5 nitrogen and oxygen atoms in total. The van der Waals surface area contributed by atoms with E-state index in [1.54, 1.807) is 25.4 Å². The summed E-state index contributed by atoms with van der Waals surface area (Å²) in [6.45, 7) is 2.23. The lowest BCUT2D eigenvalue weighted by atomic mass is 10.3. The maximum Gasteiger partial charge on any atom is 0.265 e. The Labute approximate surface area is 119 Å². The van der Waals surface area contributed by atoms with Crippen LogP contribution in [-0.2, 0) is 6.54 Å². The predicted molar refractivity (Wildman–Crippen MR) is 77.4 cm³/mol. The van der Waals surface area contributed by atoms with Crippen LogP contribution in [0.2, 0.25) is 0 Å². The zero-order chi connectivity index (χ0) is 14.0. The highest BCUT2D eigenvalue weighted by atomic mass is 79.9. The van der Waals surface area contributed by atoms with Gasteiger partial charge in [-0.1, -0.05) is 0 Å². The summed E-state index contributed by atoms with van der Waals surface area (Å²) in [5.41, 5.74) is 7.70. The first-order valence-corrected chi connectivity index (χ1v) is 6.46. The molecule has 2 aromatic heterocycles. The third-order valence-corrected chi connectivity index (χ3v) is 3.18. The van der Waals surface area contributed by atoms with Gasteiger partial charge in [0.05, 0.1) is 23.8 Å². The number of hydrogen-bond donors (Lipinski definition) is 1. The molecule has 0 radical (unpaired) electrons. The van der Waals surface area contributed by atoms with E-state index < -0.39 is 0 Å². The van der Waals surface area contributed by atoms with Gasteiger partial charge >= 0.3 is 0 Å². The molecule has 0 atom stereocenters. The summed E-state index contributed by atoms with van der Waals surface area (Å²) in [6.07, 6.45) is 1.60. The highest BCUT2D eigenvalue weighted by Gasteiger charge is 2.06. The topological polar surface area (TPSA) is 70.1 Å². The van der Waals surface area contributed by atoms with Crippen LogP contribution in [0.25, 0.3) is 0 Å². The molecule has 2 heterocycles. The Morgan fingerprint density at radius 2 is 2.16 bits per heavy atom. The van der Waals surface area contributed by atoms with Crippen molar-refractivity contribution in [2.24, 2.45) is 0 Å². The van der Waals surface area contributed by atoms with Crippen molar-refractivity contribution in [1.29, 1.82) is 0 Å². The Hall–Kier alpha value is -1.82. The molecule has 0 aromatic carbocycles. The van der Waals surface area contributed by atoms with Crippen LogP contribution in [0.1, 0.15) is 11.4 Å². The zero-order valence-electron chi connectivity index (χ0n) is 10.7. The SMILES string of the molecule is COc1cc(C)nc(Cn2cc(N)cc(Br)c2=O)c1. The predicted octanol–water partition coefficient (Wildman–Crippen LogP) is 1.95. The summed E-state index contributed by atoms with van der Waals surface area (Å²) in [7, 11) is 1.60. The Kier molecular flexibility index (Phi) is 3.90. The number of nitrogens with zero attached hydrogens (tertiary/aromatic N) is 2. The molecule has 0 amide bonds. The van der Waals surface area contributed by atoms with E-state index in [1.165, 1.54) is 4.57 Å². The maximum atomic E-state index is 12.0. The van der Waals surface area contributed by atoms with E-state index in [-0.39, 0.29) is 5.56 Å². The van der Waals surface area contributed by atoms with Gasteiger partial charge in [0.2, 0.25) is 0 Å². The molecule has 0 spiro atoms. The van der Waals surface area contributed by atoms with Gasteiger partial charge in [0.1, 0.15) is 5.75 Å². The maximum absolute atomic E-state index is 12.0. The number of hydrogen-bond acceptors (Lipinski definition) is 4. The fourth-order valence-corrected chi connectivity index (χ4v) is 2.31. The monoisotopic (exact) mass is 323 g/mol. The lowest BCUT2D eigenvalue weighted by Crippen LogP contribution is -2.21. The van der Waals surface area contributed by atoms with Gasteiger partial charge in [0.15, 0.2) is 0 Å². The third kappa shape index (κ3) is 3.14.